The van der Waals surface area contributed by atoms with E-state index in [0.717, 1.165) is 39.0 Å². The first kappa shape index (κ1) is 19.9. The quantitative estimate of drug-likeness (QED) is 0.737. The minimum absolute atomic E-state index is 0.626. The number of allylic oxidation sites excluding steroid dienone is 2. The van der Waals surface area contributed by atoms with Crippen molar-refractivity contribution in [1.82, 2.24) is 10.2 Å². The lowest BCUT2D eigenvalue weighted by Crippen LogP contribution is -2.37. The Balaban J connectivity index is 1.57. The van der Waals surface area contributed by atoms with Crippen molar-refractivity contribution in [3.05, 3.63) is 58.4 Å². The number of nitrogens with one attached hydrogen (secondary N) is 1. The highest BCUT2D eigenvalue weighted by Gasteiger charge is 2.24. The van der Waals surface area contributed by atoms with Crippen molar-refractivity contribution in [1.29, 1.82) is 0 Å². The second kappa shape index (κ2) is 8.88. The van der Waals surface area contributed by atoms with Crippen LogP contribution in [-0.2, 0) is 0 Å². The summed E-state index contributed by atoms with van der Waals surface area (Å²) in [5.74, 6) is 0.626. The van der Waals surface area contributed by atoms with E-state index in [4.69, 9.17) is 4.99 Å². The fourth-order valence-electron chi connectivity index (χ4n) is 4.21. The van der Waals surface area contributed by atoms with E-state index in [1.165, 1.54) is 52.2 Å². The predicted octanol–water partition coefficient (Wildman–Crippen LogP) is 5.00. The number of likely N-dealkylation sites (tertiary alicyclic amines) is 1. The Morgan fingerprint density at radius 2 is 1.81 bits per heavy atom. The number of aliphatic imine (C=N–C) groups is 1. The van der Waals surface area contributed by atoms with Gasteiger partial charge in [0, 0.05) is 31.1 Å². The lowest BCUT2D eigenvalue weighted by molar-refractivity contribution is 0.209. The molecule has 2 aliphatic heterocycles. The Morgan fingerprint density at radius 3 is 2.44 bits per heavy atom. The van der Waals surface area contributed by atoms with E-state index in [2.05, 4.69) is 62.7 Å². The van der Waals surface area contributed by atoms with Gasteiger partial charge in [-0.1, -0.05) is 42.8 Å². The van der Waals surface area contributed by atoms with Crippen molar-refractivity contribution in [2.45, 2.75) is 53.4 Å². The topological polar surface area (TPSA) is 27.6 Å². The Labute approximate surface area is 165 Å². The first-order valence-electron chi connectivity index (χ1n) is 10.5. The third kappa shape index (κ3) is 5.10. The Bertz CT molecular complexity index is 729. The fraction of sp³-hybridized carbons (Fsp3) is 0.542. The van der Waals surface area contributed by atoms with Gasteiger partial charge in [-0.05, 0) is 64.3 Å². The molecule has 1 N–H and O–H groups in total. The molecular weight excluding hydrogens is 330 g/mol. The Kier molecular flexibility index (Phi) is 6.54. The molecule has 27 heavy (non-hydrogen) atoms. The summed E-state index contributed by atoms with van der Waals surface area (Å²) >= 11 is 0. The molecule has 0 spiro atoms. The van der Waals surface area contributed by atoms with E-state index in [1.54, 1.807) is 0 Å². The molecule has 3 rings (SSSR count). The molecule has 0 aromatic heterocycles. The van der Waals surface area contributed by atoms with Gasteiger partial charge >= 0.3 is 0 Å². The van der Waals surface area contributed by atoms with Crippen molar-refractivity contribution in [3.63, 3.8) is 0 Å². The molecule has 2 aliphatic rings. The number of rotatable bonds is 7. The van der Waals surface area contributed by atoms with E-state index >= 15 is 0 Å². The van der Waals surface area contributed by atoms with Crippen LogP contribution in [0.4, 0.5) is 0 Å². The van der Waals surface area contributed by atoms with Crippen LogP contribution in [0.5, 0.6) is 0 Å². The van der Waals surface area contributed by atoms with Crippen LogP contribution < -0.4 is 5.32 Å². The van der Waals surface area contributed by atoms with Gasteiger partial charge in [0.1, 0.15) is 0 Å². The SMILES string of the molecule is C=C(NCCC)C1CCN(CC2=C(C)CC(c3cc(C)cc(C)c3)=N2)CC1. The van der Waals surface area contributed by atoms with Crippen molar-refractivity contribution in [3.8, 4) is 0 Å². The summed E-state index contributed by atoms with van der Waals surface area (Å²) in [6.07, 6.45) is 4.56. The fourth-order valence-corrected chi connectivity index (χ4v) is 4.21. The molecule has 1 saturated heterocycles. The molecule has 0 amide bonds. The third-order valence-corrected chi connectivity index (χ3v) is 5.81. The molecule has 0 saturated carbocycles. The minimum Gasteiger partial charge on any atom is -0.389 e. The van der Waals surface area contributed by atoms with E-state index in [-0.39, 0.29) is 0 Å². The number of aryl methyl sites for hydroxylation is 2. The number of nitrogens with zero attached hydrogens (tertiary/aromatic N) is 2. The van der Waals surface area contributed by atoms with Crippen LogP contribution in [0.15, 0.2) is 46.7 Å². The molecule has 0 bridgehead atoms. The normalized spacial score (nSPS) is 18.7. The van der Waals surface area contributed by atoms with Gasteiger partial charge in [0.05, 0.1) is 11.4 Å². The van der Waals surface area contributed by atoms with Crippen molar-refractivity contribution >= 4 is 5.71 Å². The minimum atomic E-state index is 0.626. The van der Waals surface area contributed by atoms with E-state index in [1.807, 2.05) is 0 Å². The summed E-state index contributed by atoms with van der Waals surface area (Å²) < 4.78 is 0. The van der Waals surface area contributed by atoms with Crippen LogP contribution in [0.3, 0.4) is 0 Å². The zero-order valence-corrected chi connectivity index (χ0v) is 17.6. The Hall–Kier alpha value is -1.87. The summed E-state index contributed by atoms with van der Waals surface area (Å²) in [4.78, 5) is 7.60. The van der Waals surface area contributed by atoms with E-state index in [9.17, 15) is 0 Å². The lowest BCUT2D eigenvalue weighted by Gasteiger charge is -2.33. The molecule has 0 unspecified atom stereocenters. The molecule has 0 aliphatic carbocycles. The van der Waals surface area contributed by atoms with Gasteiger partial charge in [0.2, 0.25) is 0 Å². The predicted molar refractivity (Wildman–Crippen MR) is 116 cm³/mol. The highest BCUT2D eigenvalue weighted by molar-refractivity contribution is 6.04. The summed E-state index contributed by atoms with van der Waals surface area (Å²) in [7, 11) is 0. The summed E-state index contributed by atoms with van der Waals surface area (Å²) in [5, 5.41) is 3.49. The Morgan fingerprint density at radius 1 is 1.15 bits per heavy atom. The zero-order valence-electron chi connectivity index (χ0n) is 17.6. The largest absolute Gasteiger partial charge is 0.389 e. The second-order valence-corrected chi connectivity index (χ2v) is 8.34. The molecule has 146 valence electrons. The van der Waals surface area contributed by atoms with Crippen LogP contribution in [0.2, 0.25) is 0 Å². The van der Waals surface area contributed by atoms with Crippen molar-refractivity contribution in [2.75, 3.05) is 26.2 Å². The molecule has 0 radical (unpaired) electrons. The molecular formula is C24H35N3. The van der Waals surface area contributed by atoms with Crippen LogP contribution in [0.25, 0.3) is 0 Å². The molecule has 3 heteroatoms. The van der Waals surface area contributed by atoms with Crippen molar-refractivity contribution in [2.24, 2.45) is 10.9 Å². The van der Waals surface area contributed by atoms with E-state index in [0.29, 0.717) is 5.92 Å². The molecule has 1 aromatic carbocycles. The molecule has 1 aromatic rings. The summed E-state index contributed by atoms with van der Waals surface area (Å²) in [6.45, 7) is 17.4. The van der Waals surface area contributed by atoms with Crippen LogP contribution in [0.1, 0.15) is 56.2 Å². The monoisotopic (exact) mass is 365 g/mol. The second-order valence-electron chi connectivity index (χ2n) is 8.34. The summed E-state index contributed by atoms with van der Waals surface area (Å²) in [5.41, 5.74) is 9.12. The maximum absolute atomic E-state index is 5.03. The number of benzene rings is 1. The van der Waals surface area contributed by atoms with Gasteiger partial charge in [0.15, 0.2) is 0 Å². The van der Waals surface area contributed by atoms with Crippen LogP contribution in [0, 0.1) is 19.8 Å². The maximum Gasteiger partial charge on any atom is 0.0540 e. The van der Waals surface area contributed by atoms with Gasteiger partial charge in [-0.2, -0.15) is 0 Å². The lowest BCUT2D eigenvalue weighted by atomic mass is 9.93. The molecule has 2 heterocycles. The molecule has 0 atom stereocenters. The average Bonchev–Trinajstić information content (AvgIpc) is 3.00. The standard InChI is InChI=1S/C24H35N3/c1-6-9-25-20(5)21-7-10-27(11-8-21)16-24-19(4)15-23(26-24)22-13-17(2)12-18(3)14-22/h12-14,21,25H,5-11,15-16H2,1-4H3. The number of piperidine rings is 1. The van der Waals surface area contributed by atoms with Gasteiger partial charge in [-0.25, -0.2) is 0 Å². The average molecular weight is 366 g/mol. The first-order chi connectivity index (χ1) is 13.0. The van der Waals surface area contributed by atoms with Crippen LogP contribution >= 0.6 is 0 Å². The smallest absolute Gasteiger partial charge is 0.0540 e. The first-order valence-corrected chi connectivity index (χ1v) is 10.5. The van der Waals surface area contributed by atoms with Gasteiger partial charge in [0.25, 0.3) is 0 Å². The van der Waals surface area contributed by atoms with Gasteiger partial charge in [-0.15, -0.1) is 0 Å². The van der Waals surface area contributed by atoms with Crippen LogP contribution in [-0.4, -0.2) is 36.8 Å². The molecule has 1 fully saturated rings. The maximum atomic E-state index is 5.03. The molecule has 3 nitrogen and oxygen atoms in total. The van der Waals surface area contributed by atoms with Gasteiger partial charge < -0.3 is 5.32 Å². The zero-order chi connectivity index (χ0) is 19.4. The highest BCUT2D eigenvalue weighted by atomic mass is 15.1. The highest BCUT2D eigenvalue weighted by Crippen LogP contribution is 2.27. The van der Waals surface area contributed by atoms with E-state index < -0.39 is 0 Å². The van der Waals surface area contributed by atoms with Gasteiger partial charge in [-0.3, -0.25) is 9.89 Å². The number of hydrogen-bond acceptors (Lipinski definition) is 3. The number of hydrogen-bond donors (Lipinski definition) is 1. The summed E-state index contributed by atoms with van der Waals surface area (Å²) in [6, 6.07) is 6.76. The third-order valence-electron chi connectivity index (χ3n) is 5.81. The van der Waals surface area contributed by atoms with Crippen molar-refractivity contribution < 1.29 is 0 Å².